The Morgan fingerprint density at radius 3 is 0.654 bits per heavy atom. The average Bonchev–Trinajstić information content (AvgIpc) is 2.39. The molecule has 0 aliphatic carbocycles. The van der Waals surface area contributed by atoms with Crippen LogP contribution in [0.25, 0.3) is 0 Å². The molecule has 0 N–H and O–H groups in total. The van der Waals surface area contributed by atoms with E-state index in [0.29, 0.717) is 26.4 Å². The molecule has 4 nitrogen and oxygen atoms in total. The van der Waals surface area contributed by atoms with Crippen molar-refractivity contribution in [3.05, 3.63) is 0 Å². The molecule has 0 fully saturated rings. The van der Waals surface area contributed by atoms with Crippen molar-refractivity contribution in [2.45, 2.75) is 27.7 Å². The van der Waals surface area contributed by atoms with E-state index in [9.17, 15) is 0 Å². The third-order valence-corrected chi connectivity index (χ3v) is 1.99. The van der Waals surface area contributed by atoms with E-state index in [4.69, 9.17) is 0 Å². The van der Waals surface area contributed by atoms with Crippen LogP contribution < -0.4 is 0 Å². The molecule has 0 rings (SSSR count). The predicted octanol–water partition coefficient (Wildman–Crippen LogP) is 3.41. The summed E-state index contributed by atoms with van der Waals surface area (Å²) in [5.41, 5.74) is 0. The normalized spacial score (nSPS) is 6.92. The quantitative estimate of drug-likeness (QED) is 0.252. The first kappa shape index (κ1) is 42.2. The molecule has 0 spiro atoms. The zero-order chi connectivity index (χ0) is 20.0. The molecule has 0 aromatic heterocycles. The fraction of sp³-hybridized carbons (Fsp3) is 0.667. The molecule has 0 unspecified atom stereocenters. The van der Waals surface area contributed by atoms with E-state index in [1.807, 2.05) is 27.7 Å². The van der Waals surface area contributed by atoms with Crippen molar-refractivity contribution in [3.8, 4) is 0 Å². The molecule has 0 atom stereocenters. The maximum Gasteiger partial charge on any atom is 2.00 e. The maximum atomic E-state index is 4.59. The zero-order valence-corrected chi connectivity index (χ0v) is 28.7. The van der Waals surface area contributed by atoms with Crippen LogP contribution in [-0.4, -0.2) is 44.0 Å². The van der Waals surface area contributed by atoms with Crippen molar-refractivity contribution in [3.63, 3.8) is 0 Å². The van der Waals surface area contributed by atoms with Gasteiger partial charge in [0.1, 0.15) is 0 Å². The van der Waals surface area contributed by atoms with Crippen LogP contribution in [0.4, 0.5) is 0 Å². The van der Waals surface area contributed by atoms with Gasteiger partial charge in [0.05, 0.1) is 26.4 Å². The first-order chi connectivity index (χ1) is 11.1. The monoisotopic (exact) mass is 662 g/mol. The van der Waals surface area contributed by atoms with Crippen LogP contribution >= 0.6 is 48.9 Å². The molecule has 14 heteroatoms. The molecule has 0 aromatic carbocycles. The Hall–Kier alpha value is 1.99. The van der Waals surface area contributed by atoms with Gasteiger partial charge >= 0.3 is 46.8 Å². The van der Waals surface area contributed by atoms with Crippen molar-refractivity contribution in [2.24, 2.45) is 0 Å². The predicted molar refractivity (Wildman–Crippen MR) is 126 cm³/mol. The van der Waals surface area contributed by atoms with E-state index >= 15 is 0 Å². The van der Waals surface area contributed by atoms with Gasteiger partial charge in [-0.15, -0.1) is 0 Å². The van der Waals surface area contributed by atoms with Gasteiger partial charge < -0.3 is 118 Å². The molecule has 0 aliphatic heterocycles. The number of ether oxygens (including phenoxy) is 4. The van der Waals surface area contributed by atoms with Crippen molar-refractivity contribution < 1.29 is 65.7 Å². The van der Waals surface area contributed by atoms with Crippen LogP contribution in [0.2, 0.25) is 0 Å². The van der Waals surface area contributed by atoms with E-state index in [2.05, 4.69) is 118 Å². The molecule has 144 valence electrons. The van der Waals surface area contributed by atoms with Gasteiger partial charge in [0.25, 0.3) is 0 Å². The summed E-state index contributed by atoms with van der Waals surface area (Å²) < 4.78 is 19.2. The van der Waals surface area contributed by atoms with E-state index in [1.165, 1.54) is 0 Å². The standard InChI is InChI=1S/4C3H6OS2.Cd.Zn/c4*1-2-4-3(5)6;;/h4*2H2,1H3,(H,5,6);;/q;;;;2*+2/p-4. The molecule has 0 aliphatic rings. The van der Waals surface area contributed by atoms with Gasteiger partial charge in [0, 0.05) is 17.5 Å². The molecule has 0 heterocycles. The fourth-order valence-corrected chi connectivity index (χ4v) is 1.41. The van der Waals surface area contributed by atoms with Crippen LogP contribution in [0.1, 0.15) is 27.7 Å². The van der Waals surface area contributed by atoms with Crippen molar-refractivity contribution in [2.75, 3.05) is 26.4 Å². The summed E-state index contributed by atoms with van der Waals surface area (Å²) in [7, 11) is 0. The van der Waals surface area contributed by atoms with E-state index < -0.39 is 0 Å². The third-order valence-electron chi connectivity index (χ3n) is 1.05. The molecular formula is C12H20CdO4S8Zn. The van der Waals surface area contributed by atoms with E-state index in [-0.39, 0.29) is 64.3 Å². The Balaban J connectivity index is -0.0000000500. The Kier molecular flexibility index (Phi) is 61.1. The summed E-state index contributed by atoms with van der Waals surface area (Å²) >= 11 is 35.1. The maximum absolute atomic E-state index is 4.59. The SMILES string of the molecule is CCOC(=S)[S-].CCOC(=S)[S-].CCOC(=S)[S-].CCOC(=S)[S-].[Cd+2].[Zn+2]. The molecular weight excluding hydrogens is 642 g/mol. The largest absolute Gasteiger partial charge is 2.00 e. The Labute approximate surface area is 233 Å². The summed E-state index contributed by atoms with van der Waals surface area (Å²) in [5.74, 6) is 0. The van der Waals surface area contributed by atoms with Crippen molar-refractivity contribution in [1.82, 2.24) is 0 Å². The summed E-state index contributed by atoms with van der Waals surface area (Å²) in [5, 5.41) is 0. The summed E-state index contributed by atoms with van der Waals surface area (Å²) in [6.07, 6.45) is 0. The zero-order valence-electron chi connectivity index (χ0n) is 15.1. The van der Waals surface area contributed by atoms with E-state index in [1.54, 1.807) is 0 Å². The molecule has 0 saturated heterocycles. The number of hydrogen-bond donors (Lipinski definition) is 0. The van der Waals surface area contributed by atoms with Crippen molar-refractivity contribution in [1.29, 1.82) is 0 Å². The second kappa shape index (κ2) is 37.7. The number of hydrogen-bond acceptors (Lipinski definition) is 12. The van der Waals surface area contributed by atoms with Crippen LogP contribution in [0.15, 0.2) is 0 Å². The van der Waals surface area contributed by atoms with Gasteiger partial charge in [-0.3, -0.25) is 0 Å². The van der Waals surface area contributed by atoms with Gasteiger partial charge in [-0.2, -0.15) is 0 Å². The Morgan fingerprint density at radius 1 is 0.538 bits per heavy atom. The molecule has 0 aromatic rings. The summed E-state index contributed by atoms with van der Waals surface area (Å²) in [6, 6.07) is 0. The van der Waals surface area contributed by atoms with Crippen LogP contribution in [0, 0.1) is 0 Å². The summed E-state index contributed by atoms with van der Waals surface area (Å²) in [6.45, 7) is 9.73. The molecule has 0 radical (unpaired) electrons. The summed E-state index contributed by atoms with van der Waals surface area (Å²) in [4.78, 5) is 0. The van der Waals surface area contributed by atoms with Crippen LogP contribution in [0.5, 0.6) is 0 Å². The minimum atomic E-state index is 0. The molecule has 0 saturated carbocycles. The Morgan fingerprint density at radius 2 is 0.654 bits per heavy atom. The number of rotatable bonds is 4. The molecule has 0 bridgehead atoms. The second-order valence-corrected chi connectivity index (χ2v) is 6.73. The van der Waals surface area contributed by atoms with Gasteiger partial charge in [-0.25, -0.2) is 0 Å². The first-order valence-electron chi connectivity index (χ1n) is 6.43. The van der Waals surface area contributed by atoms with Gasteiger partial charge in [-0.05, 0) is 27.7 Å². The van der Waals surface area contributed by atoms with Gasteiger partial charge in [-0.1, -0.05) is 0 Å². The average molecular weight is 663 g/mol. The molecule has 26 heavy (non-hydrogen) atoms. The first-order valence-corrected chi connectivity index (χ1v) is 9.70. The Bertz CT molecular complexity index is 287. The fourth-order valence-electron chi connectivity index (χ4n) is 0.471. The smallest absolute Gasteiger partial charge is 0.514 e. The van der Waals surface area contributed by atoms with Gasteiger partial charge in [0.2, 0.25) is 0 Å². The van der Waals surface area contributed by atoms with Crippen LogP contribution in [0.3, 0.4) is 0 Å². The topological polar surface area (TPSA) is 36.9 Å². The minimum absolute atomic E-state index is 0. The van der Waals surface area contributed by atoms with Gasteiger partial charge in [0.15, 0.2) is 0 Å². The second-order valence-electron chi connectivity index (χ2n) is 2.73. The van der Waals surface area contributed by atoms with Crippen LogP contribution in [-0.2, 0) is 116 Å². The third kappa shape index (κ3) is 82.9. The molecule has 0 amide bonds. The minimum Gasteiger partial charge on any atom is -0.514 e. The van der Waals surface area contributed by atoms with E-state index in [0.717, 1.165) is 0 Å². The number of thiocarbonyl (C=S) groups is 4. The van der Waals surface area contributed by atoms with Crippen molar-refractivity contribution >= 4 is 117 Å².